The van der Waals surface area contributed by atoms with E-state index in [1.54, 1.807) is 0 Å². The highest BCUT2D eigenvalue weighted by molar-refractivity contribution is 6.92. The summed E-state index contributed by atoms with van der Waals surface area (Å²) in [5.41, 5.74) is 4.77. The van der Waals surface area contributed by atoms with Gasteiger partial charge in [0.05, 0.1) is 12.3 Å². The van der Waals surface area contributed by atoms with E-state index in [-0.39, 0.29) is 5.41 Å². The molecule has 0 saturated carbocycles. The van der Waals surface area contributed by atoms with Crippen LogP contribution in [0.4, 0.5) is 5.69 Å². The van der Waals surface area contributed by atoms with Gasteiger partial charge < -0.3 is 4.43 Å². The molecule has 0 bridgehead atoms. The number of hydrogen-bond acceptors (Lipinski definition) is 3. The molecule has 0 aromatic heterocycles. The highest BCUT2D eigenvalue weighted by Crippen LogP contribution is 2.25. The molecule has 186 valence electrons. The summed E-state index contributed by atoms with van der Waals surface area (Å²) in [7, 11) is -1.17. The van der Waals surface area contributed by atoms with Crippen molar-refractivity contribution in [2.75, 3.05) is 12.1 Å². The number of para-hydroxylation sites is 1. The van der Waals surface area contributed by atoms with E-state index in [9.17, 15) is 0 Å². The van der Waals surface area contributed by atoms with E-state index in [0.29, 0.717) is 6.61 Å². The van der Waals surface area contributed by atoms with Gasteiger partial charge in [-0.25, -0.2) is 0 Å². The van der Waals surface area contributed by atoms with E-state index in [1.807, 2.05) is 36.4 Å². The average molecular weight is 496 g/mol. The SMILES string of the molecule is CCc1ccccc1N(C)O[Si](OCc1ccccc1)(c1ccccc1)c1ccc(C(C)(C)C)cc1. The Bertz CT molecular complexity index is 1240. The van der Waals surface area contributed by atoms with Gasteiger partial charge in [-0.3, -0.25) is 9.59 Å². The third-order valence-electron chi connectivity index (χ3n) is 6.55. The molecule has 0 saturated heterocycles. The number of rotatable bonds is 9. The molecule has 0 fully saturated rings. The lowest BCUT2D eigenvalue weighted by atomic mass is 9.87. The number of anilines is 1. The molecule has 4 aromatic rings. The fourth-order valence-electron chi connectivity index (χ4n) is 4.43. The molecule has 0 aliphatic carbocycles. The first-order chi connectivity index (χ1) is 17.3. The lowest BCUT2D eigenvalue weighted by Crippen LogP contribution is -2.65. The summed E-state index contributed by atoms with van der Waals surface area (Å²) >= 11 is 0. The quantitative estimate of drug-likeness (QED) is 0.198. The average Bonchev–Trinajstić information content (AvgIpc) is 2.91. The van der Waals surface area contributed by atoms with Crippen LogP contribution in [0.5, 0.6) is 0 Å². The number of hydrogen-bond donors (Lipinski definition) is 0. The maximum absolute atomic E-state index is 7.04. The van der Waals surface area contributed by atoms with E-state index in [0.717, 1.165) is 28.0 Å². The van der Waals surface area contributed by atoms with Gasteiger partial charge in [-0.2, -0.15) is 0 Å². The number of benzene rings is 4. The van der Waals surface area contributed by atoms with Gasteiger partial charge in [0, 0.05) is 7.05 Å². The van der Waals surface area contributed by atoms with Gasteiger partial charge in [0.15, 0.2) is 0 Å². The van der Waals surface area contributed by atoms with E-state index >= 15 is 0 Å². The topological polar surface area (TPSA) is 21.7 Å². The zero-order chi connectivity index (χ0) is 25.6. The molecule has 0 aliphatic heterocycles. The van der Waals surface area contributed by atoms with E-state index in [4.69, 9.17) is 8.95 Å². The van der Waals surface area contributed by atoms with Gasteiger partial charge in [-0.15, -0.1) is 0 Å². The summed E-state index contributed by atoms with van der Waals surface area (Å²) in [6.45, 7) is 9.35. The molecule has 3 nitrogen and oxygen atoms in total. The van der Waals surface area contributed by atoms with Crippen LogP contribution in [0.15, 0.2) is 109 Å². The standard InChI is InChI=1S/C32H37NO2Si/c1-6-27-17-13-14-20-31(27)33(5)35-36(29-18-11-8-12-19-29,34-25-26-15-9-7-10-16-26)30-23-21-28(22-24-30)32(2,3)4/h7-24H,6,25H2,1-5H3. The van der Waals surface area contributed by atoms with Crippen molar-refractivity contribution in [2.45, 2.75) is 46.1 Å². The summed E-state index contributed by atoms with van der Waals surface area (Å²) in [6.07, 6.45) is 0.926. The van der Waals surface area contributed by atoms with Crippen LogP contribution in [0.25, 0.3) is 0 Å². The van der Waals surface area contributed by atoms with Crippen LogP contribution in [-0.2, 0) is 27.4 Å². The second kappa shape index (κ2) is 11.3. The Balaban J connectivity index is 1.84. The Morgan fingerprint density at radius 1 is 0.694 bits per heavy atom. The third kappa shape index (κ3) is 5.79. The minimum Gasteiger partial charge on any atom is -0.382 e. The van der Waals surface area contributed by atoms with Crippen molar-refractivity contribution in [2.24, 2.45) is 0 Å². The fraction of sp³-hybridized carbons (Fsp3) is 0.250. The minimum atomic E-state index is -3.17. The lowest BCUT2D eigenvalue weighted by molar-refractivity contribution is 0.176. The molecule has 0 amide bonds. The van der Waals surface area contributed by atoms with Crippen molar-refractivity contribution in [3.05, 3.63) is 126 Å². The van der Waals surface area contributed by atoms with Gasteiger partial charge in [-0.05, 0) is 45.0 Å². The molecule has 0 aliphatic rings. The van der Waals surface area contributed by atoms with Crippen molar-refractivity contribution in [3.63, 3.8) is 0 Å². The van der Waals surface area contributed by atoms with Gasteiger partial charge in [0.1, 0.15) is 0 Å². The van der Waals surface area contributed by atoms with Gasteiger partial charge in [0.25, 0.3) is 0 Å². The molecule has 4 aromatic carbocycles. The Kier molecular flexibility index (Phi) is 8.10. The Morgan fingerprint density at radius 3 is 1.86 bits per heavy atom. The first kappa shape index (κ1) is 25.9. The third-order valence-corrected chi connectivity index (χ3v) is 9.82. The van der Waals surface area contributed by atoms with Crippen LogP contribution in [0, 0.1) is 0 Å². The van der Waals surface area contributed by atoms with Crippen LogP contribution < -0.4 is 15.4 Å². The van der Waals surface area contributed by atoms with E-state index in [1.165, 1.54) is 11.1 Å². The second-order valence-electron chi connectivity index (χ2n) is 10.2. The number of nitrogens with zero attached hydrogens (tertiary/aromatic N) is 1. The zero-order valence-electron chi connectivity index (χ0n) is 22.1. The van der Waals surface area contributed by atoms with Gasteiger partial charge >= 0.3 is 8.56 Å². The second-order valence-corrected chi connectivity index (χ2v) is 13.0. The van der Waals surface area contributed by atoms with Crippen LogP contribution >= 0.6 is 0 Å². The highest BCUT2D eigenvalue weighted by atomic mass is 28.4. The van der Waals surface area contributed by atoms with Gasteiger partial charge in [0.2, 0.25) is 0 Å². The monoisotopic (exact) mass is 495 g/mol. The summed E-state index contributed by atoms with van der Waals surface area (Å²) in [6, 6.07) is 38.0. The van der Waals surface area contributed by atoms with Crippen molar-refractivity contribution in [3.8, 4) is 0 Å². The van der Waals surface area contributed by atoms with Crippen LogP contribution in [0.1, 0.15) is 44.4 Å². The Morgan fingerprint density at radius 2 is 1.25 bits per heavy atom. The Hall–Kier alpha value is -3.18. The molecule has 4 heteroatoms. The van der Waals surface area contributed by atoms with Crippen LogP contribution in [0.2, 0.25) is 0 Å². The predicted octanol–water partition coefficient (Wildman–Crippen LogP) is 6.39. The smallest absolute Gasteiger partial charge is 0.382 e. The molecule has 1 atom stereocenters. The van der Waals surface area contributed by atoms with Crippen molar-refractivity contribution < 1.29 is 8.95 Å². The Labute approximate surface area is 217 Å². The molecule has 36 heavy (non-hydrogen) atoms. The lowest BCUT2D eigenvalue weighted by Gasteiger charge is -2.36. The van der Waals surface area contributed by atoms with E-state index in [2.05, 4.69) is 113 Å². The summed E-state index contributed by atoms with van der Waals surface area (Å²) in [4.78, 5) is 0. The van der Waals surface area contributed by atoms with Crippen LogP contribution in [-0.4, -0.2) is 15.6 Å². The fourth-order valence-corrected chi connectivity index (χ4v) is 7.45. The highest BCUT2D eigenvalue weighted by Gasteiger charge is 2.45. The first-order valence-corrected chi connectivity index (χ1v) is 14.5. The van der Waals surface area contributed by atoms with Crippen molar-refractivity contribution in [1.29, 1.82) is 0 Å². The van der Waals surface area contributed by atoms with Crippen molar-refractivity contribution in [1.82, 2.24) is 0 Å². The van der Waals surface area contributed by atoms with Crippen molar-refractivity contribution >= 4 is 24.6 Å². The first-order valence-electron chi connectivity index (χ1n) is 12.7. The number of hydroxylamine groups is 1. The predicted molar refractivity (Wildman–Crippen MR) is 153 cm³/mol. The van der Waals surface area contributed by atoms with E-state index < -0.39 is 8.56 Å². The molecule has 0 spiro atoms. The maximum Gasteiger partial charge on any atom is 0.431 e. The summed E-state index contributed by atoms with van der Waals surface area (Å²) in [5, 5.41) is 4.07. The maximum atomic E-state index is 7.04. The molecule has 1 unspecified atom stereocenters. The molecule has 4 rings (SSSR count). The number of aryl methyl sites for hydroxylation is 1. The summed E-state index contributed by atoms with van der Waals surface area (Å²) < 4.78 is 14.0. The summed E-state index contributed by atoms with van der Waals surface area (Å²) in [5.74, 6) is 0. The normalized spacial score (nSPS) is 13.2. The minimum absolute atomic E-state index is 0.0676. The van der Waals surface area contributed by atoms with Gasteiger partial charge in [-0.1, -0.05) is 131 Å². The molecular formula is C32H37NO2Si. The molecule has 0 heterocycles. The largest absolute Gasteiger partial charge is 0.431 e. The zero-order valence-corrected chi connectivity index (χ0v) is 23.1. The van der Waals surface area contributed by atoms with Crippen LogP contribution in [0.3, 0.4) is 0 Å². The molecular weight excluding hydrogens is 458 g/mol. The molecule has 0 N–H and O–H groups in total. The molecule has 0 radical (unpaired) electrons.